The van der Waals surface area contributed by atoms with Crippen LogP contribution in [0.3, 0.4) is 0 Å². The molecule has 9 heterocycles. The summed E-state index contributed by atoms with van der Waals surface area (Å²) in [7, 11) is 0. The molecule has 0 bridgehead atoms. The number of aryl methyl sites for hydroxylation is 2. The third-order valence-electron chi connectivity index (χ3n) is 22.4. The molecule has 5 aliphatic rings. The molecule has 0 aliphatic carbocycles. The summed E-state index contributed by atoms with van der Waals surface area (Å²) in [6.07, 6.45) is 2.56. The Labute approximate surface area is 703 Å². The van der Waals surface area contributed by atoms with Gasteiger partial charge < -0.3 is 85.4 Å². The van der Waals surface area contributed by atoms with Crippen LogP contribution in [0, 0.1) is 5.92 Å². The van der Waals surface area contributed by atoms with E-state index in [2.05, 4.69) is 37.2 Å². The molecular weight excluding hydrogens is 1590 g/mol. The lowest BCUT2D eigenvalue weighted by Gasteiger charge is -2.31. The number of nitrogens with two attached hydrogens (primary N) is 1. The molecule has 0 radical (unpaired) electrons. The van der Waals surface area contributed by atoms with Crippen LogP contribution in [-0.2, 0) is 130 Å². The first kappa shape index (κ1) is 87.2. The number of fused-ring (bicyclic) bond motifs is 10. The van der Waals surface area contributed by atoms with Crippen molar-refractivity contribution in [2.45, 2.75) is 162 Å². The topological polar surface area (TPSA) is 487 Å². The summed E-state index contributed by atoms with van der Waals surface area (Å²) < 4.78 is 35.9. The lowest BCUT2D eigenvalue weighted by Crippen LogP contribution is -2.55. The Morgan fingerprint density at radius 2 is 1.11 bits per heavy atom. The number of carbonyl (C=O) groups excluding carboxylic acids is 12. The summed E-state index contributed by atoms with van der Waals surface area (Å²) in [5.74, 6) is -7.06. The highest BCUT2D eigenvalue weighted by molar-refractivity contribution is 6.13. The van der Waals surface area contributed by atoms with E-state index in [4.69, 9.17) is 44.1 Å². The zero-order chi connectivity index (χ0) is 87.9. The fraction of sp³-hybridized carbons (Fsp3) is 0.379. The number of unbranched alkanes of at least 4 members (excludes halogenated alkanes) is 1. The number of cyclic esters (lactones) is 2. The zero-order valence-electron chi connectivity index (χ0n) is 68.7. The minimum atomic E-state index is -1.98. The number of hydrogen-bond acceptors (Lipinski definition) is 26. The van der Waals surface area contributed by atoms with Gasteiger partial charge in [0, 0.05) is 69.6 Å². The molecule has 0 fully saturated rings. The molecule has 11 N–H and O–H groups in total. The number of anilines is 2. The minimum Gasteiger partial charge on any atom is -0.473 e. The SMILES string of the molecule is CCc1c2c(nc3ccc(OCNC(=O)OCc4ccc(NC(=O)[C@H](C)NC(=O)[C@@H](NC(=O)CN(CCN5C(=O)C=CC5=O)CC(=O)NCC(=O)N[C@@H](CCCCN)C(=O)Nc5ccc(COC(=O)Oc6ccc7nc8c(c(CC)c7c6)Cn6c-8cc7c(c6=O)COC(=O)[C@]7(O)CC)cc5)C(C)C)cc4)cc13)-c1cc3c(c(=O)n1C2)COC(=O)[C@]3(O)CC. The quantitative estimate of drug-likeness (QED) is 0.00649. The zero-order valence-corrected chi connectivity index (χ0v) is 68.7. The van der Waals surface area contributed by atoms with Gasteiger partial charge >= 0.3 is 24.2 Å². The fourth-order valence-electron chi connectivity index (χ4n) is 15.6. The lowest BCUT2D eigenvalue weighted by molar-refractivity contribution is -0.172. The van der Waals surface area contributed by atoms with Gasteiger partial charge in [-0.3, -0.25) is 63.1 Å². The molecule has 123 heavy (non-hydrogen) atoms. The number of hydrogen-bond donors (Lipinski definition) is 10. The van der Waals surface area contributed by atoms with E-state index in [0.717, 1.165) is 44.7 Å². The van der Waals surface area contributed by atoms with Crippen molar-refractivity contribution in [3.63, 3.8) is 0 Å². The number of pyridine rings is 4. The van der Waals surface area contributed by atoms with Crippen LogP contribution in [-0.4, -0.2) is 175 Å². The number of amides is 9. The number of nitrogens with one attached hydrogen (secondary N) is 7. The van der Waals surface area contributed by atoms with Gasteiger partial charge in [0.25, 0.3) is 22.9 Å². The third-order valence-corrected chi connectivity index (χ3v) is 22.4. The number of nitrogens with zero attached hydrogens (tertiary/aromatic N) is 6. The number of ether oxygens (including phenoxy) is 6. The number of carbonyl (C=O) groups is 12. The maximum Gasteiger partial charge on any atom is 0.514 e. The Hall–Kier alpha value is -13.6. The number of imide groups is 1. The van der Waals surface area contributed by atoms with Crippen molar-refractivity contribution in [3.8, 4) is 34.3 Å². The Kier molecular flexibility index (Phi) is 26.4. The first-order valence-corrected chi connectivity index (χ1v) is 40.5. The summed E-state index contributed by atoms with van der Waals surface area (Å²) in [6.45, 7) is 9.33. The highest BCUT2D eigenvalue weighted by atomic mass is 16.7. The van der Waals surface area contributed by atoms with Crippen LogP contribution in [0.2, 0.25) is 0 Å². The van der Waals surface area contributed by atoms with E-state index >= 15 is 0 Å². The van der Waals surface area contributed by atoms with E-state index in [1.165, 1.54) is 11.8 Å². The van der Waals surface area contributed by atoms with Crippen LogP contribution < -0.4 is 63.5 Å². The van der Waals surface area contributed by atoms with Crippen molar-refractivity contribution in [2.75, 3.05) is 56.6 Å². The van der Waals surface area contributed by atoms with E-state index in [9.17, 15) is 77.3 Å². The second kappa shape index (κ2) is 37.2. The van der Waals surface area contributed by atoms with Crippen molar-refractivity contribution in [1.82, 2.24) is 55.5 Å². The molecule has 5 aliphatic heterocycles. The Balaban J connectivity index is 0.544. The van der Waals surface area contributed by atoms with Gasteiger partial charge in [-0.1, -0.05) is 65.8 Å². The molecule has 36 nitrogen and oxygen atoms in total. The summed E-state index contributed by atoms with van der Waals surface area (Å²) >= 11 is 0. The maximum atomic E-state index is 13.9. The van der Waals surface area contributed by atoms with E-state index < -0.39 is 132 Å². The average molecular weight is 1690 g/mol. The second-order valence-electron chi connectivity index (χ2n) is 30.7. The smallest absolute Gasteiger partial charge is 0.473 e. The largest absolute Gasteiger partial charge is 0.514 e. The van der Waals surface area contributed by atoms with Crippen molar-refractivity contribution in [2.24, 2.45) is 11.7 Å². The fourth-order valence-corrected chi connectivity index (χ4v) is 15.6. The van der Waals surface area contributed by atoms with Gasteiger partial charge in [-0.2, -0.15) is 0 Å². The van der Waals surface area contributed by atoms with Gasteiger partial charge in [-0.25, -0.2) is 29.1 Å². The molecule has 8 aromatic rings. The molecule has 13 rings (SSSR count). The Bertz CT molecular complexity index is 5750. The molecule has 36 heteroatoms. The van der Waals surface area contributed by atoms with Crippen LogP contribution in [0.5, 0.6) is 11.5 Å². The normalized spacial score (nSPS) is 16.5. The van der Waals surface area contributed by atoms with Gasteiger partial charge in [-0.15, -0.1) is 0 Å². The van der Waals surface area contributed by atoms with E-state index in [0.29, 0.717) is 99.7 Å². The summed E-state index contributed by atoms with van der Waals surface area (Å²) in [4.78, 5) is 198. The van der Waals surface area contributed by atoms with Crippen LogP contribution in [0.15, 0.2) is 119 Å². The second-order valence-corrected chi connectivity index (χ2v) is 30.7. The first-order valence-electron chi connectivity index (χ1n) is 40.5. The molecule has 9 amide bonds. The van der Waals surface area contributed by atoms with E-state index in [-0.39, 0.29) is 112 Å². The number of rotatable bonds is 34. The minimum absolute atomic E-state index is 0.000752. The van der Waals surface area contributed by atoms with Crippen molar-refractivity contribution < 1.29 is 96.2 Å². The number of esters is 2. The Morgan fingerprint density at radius 3 is 1.63 bits per heavy atom. The monoisotopic (exact) mass is 1690 g/mol. The summed E-state index contributed by atoms with van der Waals surface area (Å²) in [5.41, 5.74) is 10.3. The van der Waals surface area contributed by atoms with Crippen LogP contribution in [0.1, 0.15) is 136 Å². The molecular formula is C87H94N14O22. The lowest BCUT2D eigenvalue weighted by atomic mass is 9.86. The van der Waals surface area contributed by atoms with Gasteiger partial charge in [0.05, 0.1) is 77.7 Å². The van der Waals surface area contributed by atoms with Crippen molar-refractivity contribution in [3.05, 3.63) is 186 Å². The molecule has 0 spiro atoms. The van der Waals surface area contributed by atoms with Gasteiger partial charge in [0.1, 0.15) is 56.1 Å². The summed E-state index contributed by atoms with van der Waals surface area (Å²) in [6, 6.07) is 22.7. The van der Waals surface area contributed by atoms with Gasteiger partial charge in [0.15, 0.2) is 17.9 Å². The molecule has 644 valence electrons. The average Bonchev–Trinajstić information content (AvgIpc) is 1.61. The summed E-state index contributed by atoms with van der Waals surface area (Å²) in [5, 5.41) is 42.5. The maximum absolute atomic E-state index is 13.9. The van der Waals surface area contributed by atoms with Gasteiger partial charge in [-0.05, 0) is 159 Å². The van der Waals surface area contributed by atoms with Gasteiger partial charge in [0.2, 0.25) is 35.4 Å². The van der Waals surface area contributed by atoms with Crippen molar-refractivity contribution in [1.29, 1.82) is 0 Å². The first-order chi connectivity index (χ1) is 58.9. The molecule has 0 saturated heterocycles. The predicted octanol–water partition coefficient (Wildman–Crippen LogP) is 4.76. The number of alkyl carbamates (subject to hydrolysis) is 1. The highest BCUT2D eigenvalue weighted by Gasteiger charge is 2.48. The van der Waals surface area contributed by atoms with E-state index in [1.807, 2.05) is 13.8 Å². The molecule has 4 aromatic heterocycles. The molecule has 0 saturated carbocycles. The number of aromatic nitrogens is 4. The third kappa shape index (κ3) is 18.7. The van der Waals surface area contributed by atoms with E-state index in [1.54, 1.807) is 134 Å². The number of benzene rings is 4. The molecule has 5 atom stereocenters. The van der Waals surface area contributed by atoms with Crippen molar-refractivity contribution >= 4 is 105 Å². The predicted molar refractivity (Wildman–Crippen MR) is 442 cm³/mol. The highest BCUT2D eigenvalue weighted by Crippen LogP contribution is 2.44. The van der Waals surface area contributed by atoms with Crippen LogP contribution >= 0.6 is 0 Å². The standard InChI is InChI=1S/C87H94N14O22/c1-8-54-56-32-52(23-25-64(56)95-75-58(54)37-100-67(75)34-62-60(80(100)110)43-118-82(112)86(62,116)10-3)122-45-90-84(114)120-41-48-15-19-50(20-16-48)92-77(107)47(7)91-79(109)74(46(5)6)97-71(104)40-98(30-31-99-72(105)27-28-73(99)106)39-70(103)89-36-69(102)94-66(14-12-13-29-88)78(108)93-51-21-17-49(18-22-51)42-121-85(115)123-53-24-26-65-57(33-53)55(9-2)59-38-101-68(76(59)96-65)35-63-61(81(101)111)44-119-83(113)87(63,117)11-4/h15-28,32-35,46-47,66,74,116-117H,8-14,29-31,36-45,88H2,1-7H3,(H,89,103)(H,90,114)(H,91,109)(H,92,107)(H,93,108)(H,94,102)(H,97,104)/t47-,66-,74-,86-,87-/m0/s1. The number of aliphatic hydroxyl groups is 2. The molecule has 0 unspecified atom stereocenters. The molecule has 4 aromatic carbocycles. The van der Waals surface area contributed by atoms with Crippen LogP contribution in [0.25, 0.3) is 44.6 Å². The Morgan fingerprint density at radius 1 is 0.585 bits per heavy atom. The van der Waals surface area contributed by atoms with Crippen LogP contribution in [0.4, 0.5) is 21.0 Å².